The highest BCUT2D eigenvalue weighted by Gasteiger charge is 2.43. The van der Waals surface area contributed by atoms with Gasteiger partial charge in [-0.25, -0.2) is 13.9 Å². The van der Waals surface area contributed by atoms with Crippen LogP contribution < -0.4 is 11.0 Å². The number of fused-ring (bicyclic) bond motifs is 1. The number of aryl methyl sites for hydroxylation is 1. The fourth-order valence-electron chi connectivity index (χ4n) is 3.36. The number of hydroxylamine groups is 1. The fraction of sp³-hybridized carbons (Fsp3) is 0.273. The van der Waals surface area contributed by atoms with Gasteiger partial charge in [0.25, 0.3) is 11.5 Å². The normalized spacial score (nSPS) is 13.7. The van der Waals surface area contributed by atoms with Gasteiger partial charge in [0, 0.05) is 25.1 Å². The van der Waals surface area contributed by atoms with E-state index in [1.165, 1.54) is 23.0 Å². The number of hydrogen-bond acceptors (Lipinski definition) is 6. The Labute approximate surface area is 179 Å². The Bertz CT molecular complexity index is 1300. The van der Waals surface area contributed by atoms with Crippen molar-refractivity contribution in [2.75, 3.05) is 6.26 Å². The molecule has 0 unspecified atom stereocenters. The minimum absolute atomic E-state index is 0.0161. The first kappa shape index (κ1) is 22.7. The summed E-state index contributed by atoms with van der Waals surface area (Å²) in [7, 11) is -3.84. The average molecular weight is 445 g/mol. The summed E-state index contributed by atoms with van der Waals surface area (Å²) in [4.78, 5) is 24.5. The number of rotatable bonds is 7. The SMILES string of the molecule is C[C@@](CCn1ccc(-c2ccc3cc(CO)ccc3c2)cc1=O)(C(=O)NO)S(C)(=O)=O. The number of carbonyl (C=O) groups is 1. The van der Waals surface area contributed by atoms with E-state index in [-0.39, 0.29) is 25.1 Å². The van der Waals surface area contributed by atoms with E-state index in [1.54, 1.807) is 12.3 Å². The third-order valence-corrected chi connectivity index (χ3v) is 7.67. The van der Waals surface area contributed by atoms with Crippen molar-refractivity contribution in [2.24, 2.45) is 0 Å². The molecule has 3 rings (SSSR count). The standard InChI is InChI=1S/C22H24N2O6S/c1-22(21(27)23-28,31(2,29)30)8-10-24-9-7-19(13-20(24)26)18-6-5-16-11-15(14-25)3-4-17(16)12-18/h3-7,9,11-13,25,28H,8,10,14H2,1-2H3,(H,23,27)/t22-/m1/s1. The van der Waals surface area contributed by atoms with Crippen molar-refractivity contribution in [1.29, 1.82) is 0 Å². The molecule has 8 nitrogen and oxygen atoms in total. The van der Waals surface area contributed by atoms with E-state index in [0.29, 0.717) is 5.56 Å². The minimum Gasteiger partial charge on any atom is -0.392 e. The van der Waals surface area contributed by atoms with E-state index < -0.39 is 20.5 Å². The highest BCUT2D eigenvalue weighted by Crippen LogP contribution is 2.25. The molecule has 9 heteroatoms. The van der Waals surface area contributed by atoms with Crippen LogP contribution in [0.3, 0.4) is 0 Å². The monoisotopic (exact) mass is 444 g/mol. The van der Waals surface area contributed by atoms with Crippen LogP contribution in [0.15, 0.2) is 59.5 Å². The number of aromatic nitrogens is 1. The summed E-state index contributed by atoms with van der Waals surface area (Å²) in [6.45, 7) is 1.16. The maximum Gasteiger partial charge on any atom is 0.264 e. The first-order chi connectivity index (χ1) is 14.6. The Morgan fingerprint density at radius 1 is 1.06 bits per heavy atom. The van der Waals surface area contributed by atoms with Crippen LogP contribution >= 0.6 is 0 Å². The van der Waals surface area contributed by atoms with E-state index in [2.05, 4.69) is 0 Å². The molecule has 0 aliphatic carbocycles. The largest absolute Gasteiger partial charge is 0.392 e. The molecule has 3 aromatic rings. The molecule has 1 amide bonds. The summed E-state index contributed by atoms with van der Waals surface area (Å²) in [5.41, 5.74) is 3.42. The van der Waals surface area contributed by atoms with Gasteiger partial charge in [-0.15, -0.1) is 0 Å². The highest BCUT2D eigenvalue weighted by molar-refractivity contribution is 7.92. The minimum atomic E-state index is -3.84. The number of amides is 1. The second kappa shape index (κ2) is 8.62. The molecule has 31 heavy (non-hydrogen) atoms. The summed E-state index contributed by atoms with van der Waals surface area (Å²) in [5.74, 6) is -1.04. The smallest absolute Gasteiger partial charge is 0.264 e. The highest BCUT2D eigenvalue weighted by atomic mass is 32.2. The van der Waals surface area contributed by atoms with Gasteiger partial charge in [0.1, 0.15) is 0 Å². The summed E-state index contributed by atoms with van der Waals surface area (Å²) in [5, 5.41) is 20.1. The number of nitrogens with one attached hydrogen (secondary N) is 1. The van der Waals surface area contributed by atoms with Gasteiger partial charge in [-0.3, -0.25) is 14.8 Å². The van der Waals surface area contributed by atoms with E-state index in [9.17, 15) is 23.1 Å². The zero-order valence-corrected chi connectivity index (χ0v) is 18.0. The predicted molar refractivity (Wildman–Crippen MR) is 117 cm³/mol. The predicted octanol–water partition coefficient (Wildman–Crippen LogP) is 1.86. The van der Waals surface area contributed by atoms with E-state index in [0.717, 1.165) is 28.2 Å². The topological polar surface area (TPSA) is 126 Å². The van der Waals surface area contributed by atoms with Crippen molar-refractivity contribution >= 4 is 26.5 Å². The Balaban J connectivity index is 1.87. The van der Waals surface area contributed by atoms with Gasteiger partial charge in [0.05, 0.1) is 6.61 Å². The Morgan fingerprint density at radius 2 is 1.71 bits per heavy atom. The van der Waals surface area contributed by atoms with E-state index in [4.69, 9.17) is 5.21 Å². The summed E-state index contributed by atoms with van der Waals surface area (Å²) in [6.07, 6.45) is 2.29. The van der Waals surface area contributed by atoms with Crippen molar-refractivity contribution < 1.29 is 23.5 Å². The zero-order chi connectivity index (χ0) is 22.8. The van der Waals surface area contributed by atoms with Gasteiger partial charge >= 0.3 is 0 Å². The van der Waals surface area contributed by atoms with Crippen molar-refractivity contribution in [2.45, 2.75) is 31.2 Å². The quantitative estimate of drug-likeness (QED) is 0.377. The second-order valence-electron chi connectivity index (χ2n) is 7.70. The lowest BCUT2D eigenvalue weighted by Crippen LogP contribution is -2.49. The first-order valence-electron chi connectivity index (χ1n) is 9.57. The van der Waals surface area contributed by atoms with Crippen LogP contribution in [0.1, 0.15) is 18.9 Å². The third kappa shape index (κ3) is 4.53. The maximum absolute atomic E-state index is 12.6. The second-order valence-corrected chi connectivity index (χ2v) is 10.1. The molecule has 0 saturated heterocycles. The molecule has 0 spiro atoms. The van der Waals surface area contributed by atoms with Gasteiger partial charge in [-0.1, -0.05) is 24.3 Å². The van der Waals surface area contributed by atoms with Crippen LogP contribution in [0.5, 0.6) is 0 Å². The van der Waals surface area contributed by atoms with Crippen molar-refractivity contribution in [3.05, 3.63) is 70.6 Å². The molecule has 1 aromatic heterocycles. The Morgan fingerprint density at radius 3 is 2.32 bits per heavy atom. The molecule has 0 aliphatic heterocycles. The molecule has 3 N–H and O–H groups in total. The number of pyridine rings is 1. The van der Waals surface area contributed by atoms with Crippen LogP contribution in [0.2, 0.25) is 0 Å². The lowest BCUT2D eigenvalue weighted by molar-refractivity contribution is -0.131. The lowest BCUT2D eigenvalue weighted by atomic mass is 10.0. The number of nitrogens with zero attached hydrogens (tertiary/aromatic N) is 1. The van der Waals surface area contributed by atoms with E-state index in [1.807, 2.05) is 36.4 Å². The van der Waals surface area contributed by atoms with Crippen molar-refractivity contribution in [3.63, 3.8) is 0 Å². The third-order valence-electron chi connectivity index (χ3n) is 5.65. The molecular weight excluding hydrogens is 420 g/mol. The maximum atomic E-state index is 12.6. The number of hydrogen-bond donors (Lipinski definition) is 3. The zero-order valence-electron chi connectivity index (χ0n) is 17.2. The number of carbonyl (C=O) groups excluding carboxylic acids is 1. The molecule has 0 aliphatic rings. The molecule has 0 bridgehead atoms. The fourth-order valence-corrected chi connectivity index (χ4v) is 4.21. The molecule has 1 atom stereocenters. The van der Waals surface area contributed by atoms with Gasteiger partial charge in [-0.05, 0) is 59.0 Å². The summed E-state index contributed by atoms with van der Waals surface area (Å²) in [6, 6.07) is 14.6. The van der Waals surface area contributed by atoms with Crippen LogP contribution in [0.4, 0.5) is 0 Å². The summed E-state index contributed by atoms with van der Waals surface area (Å²) >= 11 is 0. The molecule has 164 valence electrons. The molecular formula is C22H24N2O6S. The number of aliphatic hydroxyl groups excluding tert-OH is 1. The van der Waals surface area contributed by atoms with Crippen molar-refractivity contribution in [1.82, 2.24) is 10.0 Å². The summed E-state index contributed by atoms with van der Waals surface area (Å²) < 4.78 is 23.6. The van der Waals surface area contributed by atoms with Crippen LogP contribution in [-0.4, -0.2) is 40.2 Å². The average Bonchev–Trinajstić information content (AvgIpc) is 2.75. The number of benzene rings is 2. The van der Waals surface area contributed by atoms with Crippen LogP contribution in [0, 0.1) is 0 Å². The van der Waals surface area contributed by atoms with Gasteiger partial charge in [-0.2, -0.15) is 0 Å². The van der Waals surface area contributed by atoms with Crippen LogP contribution in [0.25, 0.3) is 21.9 Å². The van der Waals surface area contributed by atoms with Gasteiger partial charge in [0.2, 0.25) is 0 Å². The van der Waals surface area contributed by atoms with Gasteiger partial charge in [0.15, 0.2) is 14.6 Å². The molecule has 0 saturated carbocycles. The number of sulfone groups is 1. The Hall–Kier alpha value is -3.01. The van der Waals surface area contributed by atoms with Gasteiger partial charge < -0.3 is 9.67 Å². The lowest BCUT2D eigenvalue weighted by Gasteiger charge is -2.25. The number of aliphatic hydroxyl groups is 1. The Kier molecular flexibility index (Phi) is 6.30. The van der Waals surface area contributed by atoms with Crippen LogP contribution in [-0.2, 0) is 27.8 Å². The molecule has 1 heterocycles. The molecule has 0 fully saturated rings. The first-order valence-corrected chi connectivity index (χ1v) is 11.5. The van der Waals surface area contributed by atoms with Crippen molar-refractivity contribution in [3.8, 4) is 11.1 Å². The van der Waals surface area contributed by atoms with E-state index >= 15 is 0 Å². The molecule has 2 aromatic carbocycles. The molecule has 0 radical (unpaired) electrons.